The summed E-state index contributed by atoms with van der Waals surface area (Å²) in [6.45, 7) is 6.90. The third-order valence-corrected chi connectivity index (χ3v) is 7.74. The maximum Gasteiger partial charge on any atom is 0.447 e. The number of carbonyl (C=O) groups excluding carboxylic acids is 1. The summed E-state index contributed by atoms with van der Waals surface area (Å²) in [6.07, 6.45) is 4.46. The van der Waals surface area contributed by atoms with Crippen LogP contribution in [0, 0.1) is 0 Å². The predicted octanol–water partition coefficient (Wildman–Crippen LogP) is 5.54. The van der Waals surface area contributed by atoms with Gasteiger partial charge in [-0.05, 0) is 58.5 Å². The molecule has 4 aromatic rings. The van der Waals surface area contributed by atoms with Crippen LogP contribution in [-0.2, 0) is 12.1 Å². The van der Waals surface area contributed by atoms with Crippen LogP contribution in [0.2, 0.25) is 0 Å². The monoisotopic (exact) mass is 593 g/mol. The van der Waals surface area contributed by atoms with Crippen molar-refractivity contribution in [3.8, 4) is 11.4 Å². The molecular weight excluding hydrogens is 562 g/mol. The Bertz CT molecular complexity index is 1540. The van der Waals surface area contributed by atoms with Crippen LogP contribution < -0.4 is 10.6 Å². The predicted molar refractivity (Wildman–Crippen MR) is 148 cm³/mol. The van der Waals surface area contributed by atoms with Crippen LogP contribution in [0.5, 0.6) is 0 Å². The fraction of sp³-hybridized carbons (Fsp3) is 0.444. The van der Waals surface area contributed by atoms with Crippen LogP contribution in [0.25, 0.3) is 16.9 Å². The Morgan fingerprint density at radius 2 is 2.00 bits per heavy atom. The van der Waals surface area contributed by atoms with Gasteiger partial charge in [0.25, 0.3) is 5.91 Å². The summed E-state index contributed by atoms with van der Waals surface area (Å²) in [5.74, 6) is -0.379. The third kappa shape index (κ3) is 6.53. The molecule has 2 atom stereocenters. The highest BCUT2D eigenvalue weighted by molar-refractivity contribution is 8.00. The van der Waals surface area contributed by atoms with E-state index in [4.69, 9.17) is 4.52 Å². The van der Waals surface area contributed by atoms with Gasteiger partial charge in [0.05, 0.1) is 39.9 Å². The number of anilines is 1. The lowest BCUT2D eigenvalue weighted by atomic mass is 10.0. The topological polar surface area (TPSA) is 92.6 Å². The van der Waals surface area contributed by atoms with Crippen LogP contribution in [0.15, 0.2) is 52.4 Å². The minimum absolute atomic E-state index is 0.0340. The molecule has 0 aliphatic carbocycles. The molecule has 0 aromatic carbocycles. The van der Waals surface area contributed by atoms with Crippen molar-refractivity contribution in [3.05, 3.63) is 54.3 Å². The van der Waals surface area contributed by atoms with Crippen molar-refractivity contribution < 1.29 is 26.9 Å². The highest BCUT2D eigenvalue weighted by Crippen LogP contribution is 2.44. The highest BCUT2D eigenvalue weighted by Gasteiger charge is 2.34. The first-order valence-corrected chi connectivity index (χ1v) is 13.9. The number of pyridine rings is 1. The lowest BCUT2D eigenvalue weighted by Gasteiger charge is -2.33. The summed E-state index contributed by atoms with van der Waals surface area (Å²) in [5.41, 5.74) is -3.31. The Hall–Kier alpha value is -3.52. The first-order valence-electron chi connectivity index (χ1n) is 13.1. The number of fused-ring (bicyclic) bond motifs is 1. The SMILES string of the molecule is CN1CC[C@@H](Nc2cccn3c(SC(F)(F)F)c(-c4noc(CNC(=O)c5ccn(C(C)(C)C)c5)n4)cc23)[C@@H](F)C1. The van der Waals surface area contributed by atoms with Gasteiger partial charge < -0.3 is 29.0 Å². The molecule has 9 nitrogen and oxygen atoms in total. The Balaban J connectivity index is 1.40. The Morgan fingerprint density at radius 3 is 2.68 bits per heavy atom. The van der Waals surface area contributed by atoms with Gasteiger partial charge in [-0.25, -0.2) is 4.39 Å². The minimum atomic E-state index is -4.59. The summed E-state index contributed by atoms with van der Waals surface area (Å²) in [5, 5.41) is 9.63. The molecule has 0 bridgehead atoms. The molecular formula is C27H31F4N7O2S. The number of halogens is 4. The zero-order valence-electron chi connectivity index (χ0n) is 23.0. The number of nitrogens with zero attached hydrogens (tertiary/aromatic N) is 5. The average molecular weight is 594 g/mol. The molecule has 0 radical (unpaired) electrons. The quantitative estimate of drug-likeness (QED) is 0.215. The molecule has 0 unspecified atom stereocenters. The molecule has 1 fully saturated rings. The Labute approximate surface area is 238 Å². The third-order valence-electron chi connectivity index (χ3n) is 6.90. The van der Waals surface area contributed by atoms with Crippen molar-refractivity contribution in [3.63, 3.8) is 0 Å². The van der Waals surface area contributed by atoms with Gasteiger partial charge in [-0.2, -0.15) is 18.2 Å². The number of hydrogen-bond donors (Lipinski definition) is 2. The number of nitrogens with one attached hydrogen (secondary N) is 2. The number of carbonyl (C=O) groups is 1. The normalized spacial score (nSPS) is 18.6. The number of aromatic nitrogens is 4. The average Bonchev–Trinajstić information content (AvgIpc) is 3.63. The molecule has 1 amide bonds. The van der Waals surface area contributed by atoms with Gasteiger partial charge in [-0.3, -0.25) is 4.79 Å². The van der Waals surface area contributed by atoms with Crippen molar-refractivity contribution in [2.45, 2.75) is 62.0 Å². The second-order valence-corrected chi connectivity index (χ2v) is 12.1. The lowest BCUT2D eigenvalue weighted by molar-refractivity contribution is -0.0329. The summed E-state index contributed by atoms with van der Waals surface area (Å²) in [4.78, 5) is 18.8. The highest BCUT2D eigenvalue weighted by atomic mass is 32.2. The maximum atomic E-state index is 14.7. The van der Waals surface area contributed by atoms with Crippen molar-refractivity contribution in [1.29, 1.82) is 0 Å². The smallest absolute Gasteiger partial charge is 0.378 e. The zero-order valence-corrected chi connectivity index (χ0v) is 23.8. The molecule has 5 rings (SSSR count). The second-order valence-electron chi connectivity index (χ2n) is 11.1. The first-order chi connectivity index (χ1) is 19.3. The van der Waals surface area contributed by atoms with Gasteiger partial charge in [0.15, 0.2) is 0 Å². The molecule has 4 aromatic heterocycles. The molecule has 1 aliphatic rings. The van der Waals surface area contributed by atoms with Gasteiger partial charge in [0, 0.05) is 49.0 Å². The Morgan fingerprint density at radius 1 is 1.22 bits per heavy atom. The van der Waals surface area contributed by atoms with Gasteiger partial charge in [0.1, 0.15) is 6.17 Å². The van der Waals surface area contributed by atoms with E-state index in [1.165, 1.54) is 16.7 Å². The van der Waals surface area contributed by atoms with Crippen molar-refractivity contribution >= 4 is 28.9 Å². The molecule has 0 spiro atoms. The first kappa shape index (κ1) is 29.0. The molecule has 5 heterocycles. The summed E-state index contributed by atoms with van der Waals surface area (Å²) in [7, 11) is 1.84. The molecule has 1 aliphatic heterocycles. The van der Waals surface area contributed by atoms with Crippen LogP contribution in [-0.4, -0.2) is 67.8 Å². The van der Waals surface area contributed by atoms with Crippen LogP contribution in [0.3, 0.4) is 0 Å². The van der Waals surface area contributed by atoms with Crippen LogP contribution in [0.4, 0.5) is 23.2 Å². The van der Waals surface area contributed by atoms with E-state index in [1.807, 2.05) is 37.3 Å². The van der Waals surface area contributed by atoms with Crippen molar-refractivity contribution in [1.82, 2.24) is 29.3 Å². The molecule has 2 N–H and O–H groups in total. The second kappa shape index (κ2) is 11.0. The number of hydrogen-bond acceptors (Lipinski definition) is 7. The number of alkyl halides is 4. The standard InChI is InChI=1S/C27H31F4N7O2S/c1-26(2,3)37-11-7-16(14-37)24(39)32-13-22-34-23(35-40-22)17-12-21-20(33-19-8-10-36(4)15-18(19)28)6-5-9-38(21)25(17)41-27(29,30)31/h5-7,9,11-12,14,18-19,33H,8,10,13,15H2,1-4H3,(H,32,39)/t18-,19+/m0/s1. The van der Waals surface area contributed by atoms with E-state index in [-0.39, 0.29) is 58.6 Å². The van der Waals surface area contributed by atoms with E-state index >= 15 is 0 Å². The number of amides is 1. The molecule has 14 heteroatoms. The number of rotatable bonds is 7. The minimum Gasteiger partial charge on any atom is -0.378 e. The lowest BCUT2D eigenvalue weighted by Crippen LogP contribution is -2.46. The van der Waals surface area contributed by atoms with E-state index in [0.717, 1.165) is 0 Å². The number of likely N-dealkylation sites (tertiary alicyclic amines) is 1. The summed E-state index contributed by atoms with van der Waals surface area (Å²) >= 11 is -0.296. The summed E-state index contributed by atoms with van der Waals surface area (Å²) < 4.78 is 64.2. The number of thioether (sulfide) groups is 1. The van der Waals surface area contributed by atoms with Gasteiger partial charge in [-0.15, -0.1) is 0 Å². The van der Waals surface area contributed by atoms with Gasteiger partial charge in [-0.1, -0.05) is 5.16 Å². The van der Waals surface area contributed by atoms with Gasteiger partial charge in [0.2, 0.25) is 11.7 Å². The fourth-order valence-electron chi connectivity index (χ4n) is 4.73. The molecule has 1 saturated heterocycles. The summed E-state index contributed by atoms with van der Waals surface area (Å²) in [6, 6.07) is 6.05. The van der Waals surface area contributed by atoms with Crippen LogP contribution >= 0.6 is 11.8 Å². The maximum absolute atomic E-state index is 14.7. The van der Waals surface area contributed by atoms with Crippen molar-refractivity contribution in [2.24, 2.45) is 0 Å². The van der Waals surface area contributed by atoms with Crippen LogP contribution in [0.1, 0.15) is 43.4 Å². The van der Waals surface area contributed by atoms with E-state index in [2.05, 4.69) is 20.8 Å². The van der Waals surface area contributed by atoms with E-state index < -0.39 is 17.7 Å². The zero-order chi connectivity index (χ0) is 29.5. The largest absolute Gasteiger partial charge is 0.447 e. The molecule has 41 heavy (non-hydrogen) atoms. The Kier molecular flexibility index (Phi) is 7.81. The molecule has 220 valence electrons. The van der Waals surface area contributed by atoms with E-state index in [9.17, 15) is 22.4 Å². The van der Waals surface area contributed by atoms with Crippen molar-refractivity contribution in [2.75, 3.05) is 25.5 Å². The van der Waals surface area contributed by atoms with Gasteiger partial charge >= 0.3 is 5.51 Å². The van der Waals surface area contributed by atoms with E-state index in [1.54, 1.807) is 30.6 Å². The number of piperidine rings is 1. The van der Waals surface area contributed by atoms with E-state index in [0.29, 0.717) is 29.7 Å². The molecule has 0 saturated carbocycles. The fourth-order valence-corrected chi connectivity index (χ4v) is 5.47.